The Kier molecular flexibility index (Phi) is 7.26. The first-order valence-electron chi connectivity index (χ1n) is 8.47. The quantitative estimate of drug-likeness (QED) is 0.307. The topological polar surface area (TPSA) is 135 Å². The number of alkyl halides is 3. The van der Waals surface area contributed by atoms with Gasteiger partial charge in [-0.1, -0.05) is 34.8 Å². The predicted molar refractivity (Wildman–Crippen MR) is 114 cm³/mol. The van der Waals surface area contributed by atoms with Crippen LogP contribution in [0.1, 0.15) is 17.4 Å². The number of fused-ring (bicyclic) bond motifs is 1. The van der Waals surface area contributed by atoms with E-state index in [0.29, 0.717) is 5.57 Å². The summed E-state index contributed by atoms with van der Waals surface area (Å²) in [6, 6.07) is -0.745. The molecule has 0 aromatic carbocycles. The zero-order valence-corrected chi connectivity index (χ0v) is 19.5. The van der Waals surface area contributed by atoms with Gasteiger partial charge in [0.15, 0.2) is 10.8 Å². The number of thiazole rings is 1. The number of aromatic nitrogens is 1. The Labute approximate surface area is 198 Å². The lowest BCUT2D eigenvalue weighted by molar-refractivity contribution is -0.147. The van der Waals surface area contributed by atoms with Crippen molar-refractivity contribution in [2.24, 2.45) is 0 Å². The van der Waals surface area contributed by atoms with Gasteiger partial charge in [-0.05, 0) is 0 Å². The number of esters is 2. The number of thioether (sulfide) groups is 1. The molecule has 1 aromatic heterocycles. The molecule has 1 fully saturated rings. The second-order valence-corrected chi connectivity index (χ2v) is 10.8. The normalized spacial score (nSPS) is 20.6. The van der Waals surface area contributed by atoms with Crippen LogP contribution in [0.15, 0.2) is 16.7 Å². The number of aliphatic carboxylic acids is 1. The summed E-state index contributed by atoms with van der Waals surface area (Å²) in [6.07, 6.45) is 0. The van der Waals surface area contributed by atoms with Crippen LogP contribution in [-0.4, -0.2) is 73.0 Å². The molecule has 1 amide bonds. The molecule has 15 heteroatoms. The summed E-state index contributed by atoms with van der Waals surface area (Å²) >= 11 is 19.0. The number of hydrogen-bond acceptors (Lipinski definition) is 10. The van der Waals surface area contributed by atoms with E-state index < -0.39 is 45.6 Å². The van der Waals surface area contributed by atoms with Crippen LogP contribution in [0.3, 0.4) is 0 Å². The molecule has 0 unspecified atom stereocenters. The van der Waals surface area contributed by atoms with Crippen molar-refractivity contribution in [3.63, 3.8) is 0 Å². The number of halogens is 3. The van der Waals surface area contributed by atoms with Crippen molar-refractivity contribution in [1.29, 1.82) is 0 Å². The molecule has 0 bridgehead atoms. The minimum Gasteiger partial charge on any atom is -0.477 e. The van der Waals surface area contributed by atoms with Gasteiger partial charge in [-0.2, -0.15) is 0 Å². The summed E-state index contributed by atoms with van der Waals surface area (Å²) < 4.78 is 7.98. The van der Waals surface area contributed by atoms with Crippen molar-refractivity contribution < 1.29 is 33.8 Å². The highest BCUT2D eigenvalue weighted by atomic mass is 35.6. The lowest BCUT2D eigenvalue weighted by Gasteiger charge is -2.49. The first kappa shape index (κ1) is 23.9. The highest BCUT2D eigenvalue weighted by Crippen LogP contribution is 2.41. The van der Waals surface area contributed by atoms with Gasteiger partial charge in [0.2, 0.25) is 3.79 Å². The molecule has 0 saturated carbocycles. The molecule has 1 saturated heterocycles. The van der Waals surface area contributed by atoms with Crippen LogP contribution < -0.4 is 5.32 Å². The molecule has 168 valence electrons. The third kappa shape index (κ3) is 5.55. The Hall–Kier alpha value is -1.73. The van der Waals surface area contributed by atoms with Crippen LogP contribution >= 0.6 is 57.9 Å². The largest absolute Gasteiger partial charge is 0.477 e. The molecule has 31 heavy (non-hydrogen) atoms. The van der Waals surface area contributed by atoms with Crippen molar-refractivity contribution in [3.8, 4) is 0 Å². The summed E-state index contributed by atoms with van der Waals surface area (Å²) in [7, 11) is 0. The molecule has 3 heterocycles. The average Bonchev–Trinajstić information content (AvgIpc) is 3.16. The highest BCUT2D eigenvalue weighted by molar-refractivity contribution is 8.00. The fourth-order valence-electron chi connectivity index (χ4n) is 2.77. The number of β-lactam (4-membered cyclic amide) rings is 1. The summed E-state index contributed by atoms with van der Waals surface area (Å²) in [5.74, 6) is -2.84. The van der Waals surface area contributed by atoms with Crippen LogP contribution in [0.2, 0.25) is 0 Å². The van der Waals surface area contributed by atoms with E-state index in [1.54, 1.807) is 0 Å². The maximum absolute atomic E-state index is 12.6. The minimum absolute atomic E-state index is 0.0311. The maximum Gasteiger partial charge on any atom is 0.358 e. The molecule has 1 aromatic rings. The molecule has 0 aliphatic carbocycles. The van der Waals surface area contributed by atoms with E-state index >= 15 is 0 Å². The monoisotopic (exact) mass is 529 g/mol. The van der Waals surface area contributed by atoms with Crippen molar-refractivity contribution in [2.45, 2.75) is 22.1 Å². The van der Waals surface area contributed by atoms with Gasteiger partial charge in [0.05, 0.1) is 0 Å². The molecular formula is C16H14Cl3N3O7S2. The van der Waals surface area contributed by atoms with E-state index in [9.17, 15) is 24.3 Å². The number of rotatable bonds is 7. The Balaban J connectivity index is 1.67. The predicted octanol–water partition coefficient (Wildman–Crippen LogP) is 2.27. The number of carbonyl (C=O) groups is 4. The van der Waals surface area contributed by atoms with E-state index in [2.05, 4.69) is 10.3 Å². The van der Waals surface area contributed by atoms with Gasteiger partial charge in [0.25, 0.3) is 5.91 Å². The van der Waals surface area contributed by atoms with Gasteiger partial charge in [-0.15, -0.1) is 23.1 Å². The van der Waals surface area contributed by atoms with E-state index in [0.717, 1.165) is 16.2 Å². The Morgan fingerprint density at radius 3 is 2.68 bits per heavy atom. The summed E-state index contributed by atoms with van der Waals surface area (Å²) in [5.41, 5.74) is 0.114. The van der Waals surface area contributed by atoms with Crippen LogP contribution in [0.25, 0.3) is 0 Å². The van der Waals surface area contributed by atoms with Gasteiger partial charge in [0, 0.05) is 23.6 Å². The van der Waals surface area contributed by atoms with Crippen LogP contribution in [-0.2, 0) is 23.9 Å². The van der Waals surface area contributed by atoms with Crippen LogP contribution in [0.5, 0.6) is 0 Å². The number of hydrogen-bond donors (Lipinski definition) is 2. The Bertz CT molecular complexity index is 962. The first-order chi connectivity index (χ1) is 14.5. The molecule has 2 aliphatic rings. The number of nitrogens with zero attached hydrogens (tertiary/aromatic N) is 2. The zero-order chi connectivity index (χ0) is 22.9. The van der Waals surface area contributed by atoms with Crippen molar-refractivity contribution in [1.82, 2.24) is 9.88 Å². The SMILES string of the molecule is CC(=O)OCC1=C(C(=O)O)N2C(=O)[C@@H](Nc3nc(C(=O)OCC(Cl)(Cl)Cl)cs3)[C@H]2SC1. The Morgan fingerprint density at radius 1 is 1.35 bits per heavy atom. The maximum atomic E-state index is 12.6. The molecule has 10 nitrogen and oxygen atoms in total. The lowest BCUT2D eigenvalue weighted by atomic mass is 10.0. The van der Waals surface area contributed by atoms with Crippen molar-refractivity contribution >= 4 is 86.8 Å². The van der Waals surface area contributed by atoms with Crippen molar-refractivity contribution in [3.05, 3.63) is 22.3 Å². The highest BCUT2D eigenvalue weighted by Gasteiger charge is 2.54. The Morgan fingerprint density at radius 2 is 2.06 bits per heavy atom. The number of ether oxygens (including phenoxy) is 2. The van der Waals surface area contributed by atoms with Gasteiger partial charge in [0.1, 0.15) is 30.3 Å². The minimum atomic E-state index is -1.75. The number of carbonyl (C=O) groups excluding carboxylic acids is 3. The van der Waals surface area contributed by atoms with Gasteiger partial charge in [-0.25, -0.2) is 14.6 Å². The average molecular weight is 531 g/mol. The third-order valence-corrected chi connectivity index (χ3v) is 6.50. The standard InChI is InChI=1S/C16H14Cl3N3O7S2/c1-6(23)28-2-7-3-30-12-9(11(24)22(12)10(7)13(25)26)21-15-20-8(4-31-15)14(27)29-5-16(17,18)19/h4,9,12H,2-3,5H2,1H3,(H,20,21)(H,25,26)/t9-,12-/m1/s1. The molecule has 2 aliphatic heterocycles. The number of anilines is 1. The fourth-order valence-corrected chi connectivity index (χ4v) is 4.98. The summed E-state index contributed by atoms with van der Waals surface area (Å²) in [4.78, 5) is 52.6. The zero-order valence-electron chi connectivity index (χ0n) is 15.6. The lowest BCUT2D eigenvalue weighted by Crippen LogP contribution is -2.67. The van der Waals surface area contributed by atoms with Gasteiger partial charge < -0.3 is 19.9 Å². The fraction of sp³-hybridized carbons (Fsp3) is 0.438. The number of carboxylic acids is 1. The second-order valence-electron chi connectivity index (χ2n) is 6.30. The number of nitrogens with one attached hydrogen (secondary N) is 1. The van der Waals surface area contributed by atoms with Crippen molar-refractivity contribution in [2.75, 3.05) is 24.3 Å². The van der Waals surface area contributed by atoms with Gasteiger partial charge >= 0.3 is 17.9 Å². The number of amides is 1. The molecule has 2 N–H and O–H groups in total. The van der Waals surface area contributed by atoms with E-state index in [1.807, 2.05) is 0 Å². The third-order valence-electron chi connectivity index (χ3n) is 4.06. The van der Waals surface area contributed by atoms with Gasteiger partial charge in [-0.3, -0.25) is 14.5 Å². The summed E-state index contributed by atoms with van der Waals surface area (Å²) in [5, 5.41) is 13.6. The van der Waals surface area contributed by atoms with Crippen LogP contribution in [0, 0.1) is 0 Å². The van der Waals surface area contributed by atoms with Crippen LogP contribution in [0.4, 0.5) is 5.13 Å². The van der Waals surface area contributed by atoms with E-state index in [1.165, 1.54) is 24.1 Å². The molecular weight excluding hydrogens is 517 g/mol. The molecule has 0 spiro atoms. The second kappa shape index (κ2) is 9.41. The first-order valence-corrected chi connectivity index (χ1v) is 11.5. The smallest absolute Gasteiger partial charge is 0.358 e. The number of carboxylic acid groups (broad SMARTS) is 1. The van der Waals surface area contributed by atoms with E-state index in [4.69, 9.17) is 44.3 Å². The summed E-state index contributed by atoms with van der Waals surface area (Å²) in [6.45, 7) is 0.556. The molecule has 2 atom stereocenters. The molecule has 3 rings (SSSR count). The van der Waals surface area contributed by atoms with E-state index in [-0.39, 0.29) is 28.9 Å². The molecule has 0 radical (unpaired) electrons.